The molecule has 1 heterocycles. The zero-order valence-electron chi connectivity index (χ0n) is 28.7. The Morgan fingerprint density at radius 3 is 2.39 bits per heavy atom. The number of benzene rings is 3. The number of piperazine rings is 1. The van der Waals surface area contributed by atoms with Gasteiger partial charge in [0.2, 0.25) is 0 Å². The van der Waals surface area contributed by atoms with E-state index in [0.717, 1.165) is 67.0 Å². The first-order valence-corrected chi connectivity index (χ1v) is 16.3. The maximum atomic E-state index is 14.9. The fourth-order valence-corrected chi connectivity index (χ4v) is 5.11. The minimum absolute atomic E-state index is 0.131. The van der Waals surface area contributed by atoms with Crippen LogP contribution in [0.4, 0.5) is 4.39 Å². The molecule has 4 rings (SSSR count). The highest BCUT2D eigenvalue weighted by atomic mass is 19.1. The predicted molar refractivity (Wildman–Crippen MR) is 184 cm³/mol. The number of carbonyl (C=O) groups excluding carboxylic acids is 1. The van der Waals surface area contributed by atoms with Crippen molar-refractivity contribution in [2.75, 3.05) is 60.9 Å². The average Bonchev–Trinajstić information content (AvgIpc) is 3.01. The molecule has 0 radical (unpaired) electrons. The lowest BCUT2D eigenvalue weighted by molar-refractivity contribution is -0.869. The second-order valence-corrected chi connectivity index (χ2v) is 12.2. The summed E-state index contributed by atoms with van der Waals surface area (Å²) < 4.78 is 15.8. The summed E-state index contributed by atoms with van der Waals surface area (Å²) in [7, 11) is 8.68. The fourth-order valence-electron chi connectivity index (χ4n) is 5.11. The van der Waals surface area contributed by atoms with E-state index in [0.29, 0.717) is 23.7 Å². The summed E-state index contributed by atoms with van der Waals surface area (Å²) in [5.41, 5.74) is 5.19. The molecule has 1 amide bonds. The van der Waals surface area contributed by atoms with Gasteiger partial charge in [-0.3, -0.25) is 14.6 Å². The zero-order chi connectivity index (χ0) is 32.7. The first-order chi connectivity index (χ1) is 21.1. The standard InChI is InChI=1S/C33H44FN5O.2C2H6/c1-25-22-38(15-14-35-25)24-28-9-6-10-29(18-28)31-20-26(12-13-32(31)34)21-36-33(40)30-11-7-8-27(19-30)23-37(2)16-17-39(3,4)5;2*1-2/h6-13,18-20,25,35H,14-17,21-24H2,1-5H3;2*1-2H3/p+1. The molecule has 0 aromatic heterocycles. The summed E-state index contributed by atoms with van der Waals surface area (Å²) in [6.45, 7) is 17.2. The third-order valence-corrected chi connectivity index (χ3v) is 7.38. The molecule has 3 aromatic carbocycles. The van der Waals surface area contributed by atoms with Crippen LogP contribution in [0.15, 0.2) is 66.7 Å². The van der Waals surface area contributed by atoms with E-state index in [4.69, 9.17) is 0 Å². The molecule has 1 unspecified atom stereocenters. The molecule has 7 heteroatoms. The van der Waals surface area contributed by atoms with Gasteiger partial charge in [-0.1, -0.05) is 64.1 Å². The van der Waals surface area contributed by atoms with Crippen LogP contribution in [-0.4, -0.2) is 87.1 Å². The second-order valence-electron chi connectivity index (χ2n) is 12.2. The SMILES string of the molecule is CC.CC.CC1CN(Cc2cccc(-c3cc(CNC(=O)c4cccc(CN(C)CC[N+](C)(C)C)c4)ccc3F)c2)CCN1. The van der Waals surface area contributed by atoms with Gasteiger partial charge in [-0.05, 0) is 66.6 Å². The lowest BCUT2D eigenvalue weighted by atomic mass is 10.00. The van der Waals surface area contributed by atoms with Crippen LogP contribution in [0.3, 0.4) is 0 Å². The van der Waals surface area contributed by atoms with Crippen LogP contribution < -0.4 is 10.6 Å². The molecule has 44 heavy (non-hydrogen) atoms. The van der Waals surface area contributed by atoms with E-state index in [1.165, 1.54) is 11.6 Å². The number of hydrogen-bond acceptors (Lipinski definition) is 4. The van der Waals surface area contributed by atoms with Crippen LogP contribution in [0.1, 0.15) is 61.7 Å². The van der Waals surface area contributed by atoms with Gasteiger partial charge in [0.1, 0.15) is 5.82 Å². The number of quaternary nitrogens is 1. The Morgan fingerprint density at radius 1 is 0.977 bits per heavy atom. The summed E-state index contributed by atoms with van der Waals surface area (Å²) in [5, 5.41) is 6.49. The summed E-state index contributed by atoms with van der Waals surface area (Å²) >= 11 is 0. The van der Waals surface area contributed by atoms with E-state index in [1.807, 2.05) is 64.1 Å². The predicted octanol–water partition coefficient (Wildman–Crippen LogP) is 6.41. The minimum Gasteiger partial charge on any atom is -0.348 e. The van der Waals surface area contributed by atoms with Gasteiger partial charge in [0.25, 0.3) is 5.91 Å². The van der Waals surface area contributed by atoms with Crippen LogP contribution in [0.2, 0.25) is 0 Å². The molecule has 0 bridgehead atoms. The van der Waals surface area contributed by atoms with Gasteiger partial charge in [-0.15, -0.1) is 0 Å². The van der Waals surface area contributed by atoms with E-state index in [2.05, 4.69) is 73.7 Å². The van der Waals surface area contributed by atoms with Gasteiger partial charge in [-0.25, -0.2) is 4.39 Å². The van der Waals surface area contributed by atoms with E-state index < -0.39 is 0 Å². The van der Waals surface area contributed by atoms with Crippen molar-refractivity contribution in [3.63, 3.8) is 0 Å². The van der Waals surface area contributed by atoms with Gasteiger partial charge in [0.15, 0.2) is 0 Å². The molecule has 0 saturated carbocycles. The number of hydrogen-bond donors (Lipinski definition) is 2. The lowest BCUT2D eigenvalue weighted by Crippen LogP contribution is -2.48. The first kappa shape index (κ1) is 37.1. The Kier molecular flexibility index (Phi) is 15.7. The number of nitrogens with zero attached hydrogens (tertiary/aromatic N) is 3. The topological polar surface area (TPSA) is 47.6 Å². The summed E-state index contributed by atoms with van der Waals surface area (Å²) in [6.07, 6.45) is 0. The Bertz CT molecular complexity index is 1290. The highest BCUT2D eigenvalue weighted by Crippen LogP contribution is 2.26. The van der Waals surface area contributed by atoms with Gasteiger partial charge in [-0.2, -0.15) is 0 Å². The van der Waals surface area contributed by atoms with Gasteiger partial charge >= 0.3 is 0 Å². The largest absolute Gasteiger partial charge is 0.348 e. The maximum Gasteiger partial charge on any atom is 0.251 e. The van der Waals surface area contributed by atoms with Crippen molar-refractivity contribution in [2.24, 2.45) is 0 Å². The van der Waals surface area contributed by atoms with Crippen LogP contribution in [0, 0.1) is 5.82 Å². The monoisotopic (exact) mass is 606 g/mol. The molecule has 1 saturated heterocycles. The second kappa shape index (κ2) is 18.6. The third kappa shape index (κ3) is 12.5. The molecule has 2 N–H and O–H groups in total. The molecular weight excluding hydrogens is 549 g/mol. The van der Waals surface area contributed by atoms with Crippen LogP contribution >= 0.6 is 0 Å². The van der Waals surface area contributed by atoms with Crippen molar-refractivity contribution in [3.8, 4) is 11.1 Å². The fraction of sp³-hybridized carbons (Fsp3) is 0.486. The number of amides is 1. The Labute approximate surface area is 266 Å². The molecule has 1 atom stereocenters. The van der Waals surface area contributed by atoms with Gasteiger partial charge in [0.05, 0.1) is 27.7 Å². The molecule has 1 aliphatic rings. The lowest BCUT2D eigenvalue weighted by Gasteiger charge is -2.31. The summed E-state index contributed by atoms with van der Waals surface area (Å²) in [6, 6.07) is 21.5. The molecule has 1 aliphatic heterocycles. The maximum absolute atomic E-state index is 14.9. The molecule has 242 valence electrons. The molecule has 3 aromatic rings. The highest BCUT2D eigenvalue weighted by molar-refractivity contribution is 5.94. The number of carbonyl (C=O) groups is 1. The number of nitrogens with one attached hydrogen (secondary N) is 2. The van der Waals surface area contributed by atoms with E-state index >= 15 is 0 Å². The van der Waals surface area contributed by atoms with Crippen LogP contribution in [0.25, 0.3) is 11.1 Å². The van der Waals surface area contributed by atoms with Crippen molar-refractivity contribution in [1.82, 2.24) is 20.4 Å². The quantitative estimate of drug-likeness (QED) is 0.248. The molecule has 6 nitrogen and oxygen atoms in total. The number of likely N-dealkylation sites (N-methyl/N-ethyl adjacent to an activating group) is 2. The van der Waals surface area contributed by atoms with Crippen molar-refractivity contribution in [3.05, 3.63) is 94.8 Å². The highest BCUT2D eigenvalue weighted by Gasteiger charge is 2.16. The van der Waals surface area contributed by atoms with E-state index in [-0.39, 0.29) is 11.7 Å². The average molecular weight is 607 g/mol. The Balaban J connectivity index is 0.00000162. The van der Waals surface area contributed by atoms with Crippen molar-refractivity contribution >= 4 is 5.91 Å². The summed E-state index contributed by atoms with van der Waals surface area (Å²) in [5.74, 6) is -0.390. The van der Waals surface area contributed by atoms with Gasteiger partial charge < -0.3 is 15.1 Å². The minimum atomic E-state index is -0.259. The van der Waals surface area contributed by atoms with Gasteiger partial charge in [0, 0.05) is 63.0 Å². The molecule has 0 aliphatic carbocycles. The molecule has 0 spiro atoms. The third-order valence-electron chi connectivity index (χ3n) is 7.38. The van der Waals surface area contributed by atoms with Crippen LogP contribution in [0.5, 0.6) is 0 Å². The summed E-state index contributed by atoms with van der Waals surface area (Å²) in [4.78, 5) is 17.7. The smallest absolute Gasteiger partial charge is 0.251 e. The first-order valence-electron chi connectivity index (χ1n) is 16.3. The van der Waals surface area contributed by atoms with E-state index in [1.54, 1.807) is 6.07 Å². The van der Waals surface area contributed by atoms with Crippen molar-refractivity contribution in [1.29, 1.82) is 0 Å². The Hall–Kier alpha value is -3.10. The van der Waals surface area contributed by atoms with Crippen molar-refractivity contribution in [2.45, 2.75) is 60.3 Å². The number of halogens is 1. The van der Waals surface area contributed by atoms with E-state index in [9.17, 15) is 9.18 Å². The zero-order valence-corrected chi connectivity index (χ0v) is 28.7. The molecule has 1 fully saturated rings. The number of rotatable bonds is 11. The van der Waals surface area contributed by atoms with Crippen LogP contribution in [-0.2, 0) is 19.6 Å². The normalized spacial score (nSPS) is 15.1. The Morgan fingerprint density at radius 2 is 1.68 bits per heavy atom. The molecular formula is C37H57FN5O+. The van der Waals surface area contributed by atoms with Crippen molar-refractivity contribution < 1.29 is 13.7 Å².